The predicted molar refractivity (Wildman–Crippen MR) is 50.5 cm³/mol. The van der Waals surface area contributed by atoms with Crippen molar-refractivity contribution in [1.82, 2.24) is 4.31 Å². The highest BCUT2D eigenvalue weighted by atomic mass is 79.9. The van der Waals surface area contributed by atoms with E-state index < -0.39 is 10.0 Å². The predicted octanol–water partition coefficient (Wildman–Crippen LogP) is 1.05. The van der Waals surface area contributed by atoms with E-state index in [9.17, 15) is 8.42 Å². The highest BCUT2D eigenvalue weighted by molar-refractivity contribution is 9.09. The van der Waals surface area contributed by atoms with Crippen LogP contribution in [0, 0.1) is 0 Å². The van der Waals surface area contributed by atoms with Crippen molar-refractivity contribution in [2.75, 3.05) is 24.7 Å². The SMILES string of the molecule is CCS(=O)(=O)N(C)CCCBr. The van der Waals surface area contributed by atoms with Crippen molar-refractivity contribution >= 4 is 26.0 Å². The third-order valence-electron chi connectivity index (χ3n) is 1.45. The number of nitrogens with zero attached hydrogens (tertiary/aromatic N) is 1. The van der Waals surface area contributed by atoms with Gasteiger partial charge in [-0.2, -0.15) is 0 Å². The Labute approximate surface area is 77.0 Å². The summed E-state index contributed by atoms with van der Waals surface area (Å²) >= 11 is 3.25. The summed E-state index contributed by atoms with van der Waals surface area (Å²) in [4.78, 5) is 0. The first-order chi connectivity index (χ1) is 5.04. The lowest BCUT2D eigenvalue weighted by atomic mass is 10.5. The van der Waals surface area contributed by atoms with Crippen LogP contribution in [0.1, 0.15) is 13.3 Å². The average Bonchev–Trinajstić information content (AvgIpc) is 2.00. The second kappa shape index (κ2) is 5.11. The van der Waals surface area contributed by atoms with Gasteiger partial charge in [0.25, 0.3) is 0 Å². The maximum Gasteiger partial charge on any atom is 0.213 e. The van der Waals surface area contributed by atoms with Crippen LogP contribution in [0.5, 0.6) is 0 Å². The van der Waals surface area contributed by atoms with Crippen LogP contribution in [0.15, 0.2) is 0 Å². The third kappa shape index (κ3) is 4.08. The molecule has 0 heterocycles. The molecule has 0 rings (SSSR count). The quantitative estimate of drug-likeness (QED) is 0.678. The molecule has 0 atom stereocenters. The number of sulfonamides is 1. The standard InChI is InChI=1S/C6H14BrNO2S/c1-3-11(9,10)8(2)6-4-5-7/h3-6H2,1-2H3. The fraction of sp³-hybridized carbons (Fsp3) is 1.00. The van der Waals surface area contributed by atoms with Crippen molar-refractivity contribution in [3.8, 4) is 0 Å². The van der Waals surface area contributed by atoms with Crippen LogP contribution in [0.3, 0.4) is 0 Å². The van der Waals surface area contributed by atoms with Crippen LogP contribution < -0.4 is 0 Å². The molecule has 5 heteroatoms. The highest BCUT2D eigenvalue weighted by Gasteiger charge is 2.13. The summed E-state index contributed by atoms with van der Waals surface area (Å²) in [7, 11) is -1.35. The first kappa shape index (κ1) is 11.4. The van der Waals surface area contributed by atoms with E-state index in [4.69, 9.17) is 0 Å². The van der Waals surface area contributed by atoms with Crippen LogP contribution in [0.25, 0.3) is 0 Å². The molecule has 0 aromatic rings. The molecule has 0 fully saturated rings. The van der Waals surface area contributed by atoms with Crippen LogP contribution >= 0.6 is 15.9 Å². The van der Waals surface area contributed by atoms with E-state index in [1.165, 1.54) is 4.31 Å². The van der Waals surface area contributed by atoms with Crippen molar-refractivity contribution in [3.05, 3.63) is 0 Å². The molecular weight excluding hydrogens is 230 g/mol. The van der Waals surface area contributed by atoms with Gasteiger partial charge in [0, 0.05) is 18.9 Å². The minimum atomic E-state index is -2.96. The van der Waals surface area contributed by atoms with Gasteiger partial charge in [-0.3, -0.25) is 0 Å². The lowest BCUT2D eigenvalue weighted by Gasteiger charge is -2.14. The van der Waals surface area contributed by atoms with E-state index in [1.807, 2.05) is 0 Å². The van der Waals surface area contributed by atoms with Gasteiger partial charge in [0.2, 0.25) is 10.0 Å². The molecule has 0 aliphatic heterocycles. The zero-order valence-corrected chi connectivity index (χ0v) is 9.28. The summed E-state index contributed by atoms with van der Waals surface area (Å²) in [6.45, 7) is 2.25. The minimum absolute atomic E-state index is 0.186. The van der Waals surface area contributed by atoms with Crippen molar-refractivity contribution in [3.63, 3.8) is 0 Å². The molecule has 0 saturated carbocycles. The second-order valence-electron chi connectivity index (χ2n) is 2.26. The molecule has 0 aromatic heterocycles. The summed E-state index contributed by atoms with van der Waals surface area (Å²) in [5.74, 6) is 0.186. The van der Waals surface area contributed by atoms with Crippen LogP contribution in [-0.2, 0) is 10.0 Å². The minimum Gasteiger partial charge on any atom is -0.212 e. The molecule has 0 saturated heterocycles. The number of hydrogen-bond acceptors (Lipinski definition) is 2. The topological polar surface area (TPSA) is 37.4 Å². The molecule has 0 aliphatic carbocycles. The Morgan fingerprint density at radius 3 is 2.36 bits per heavy atom. The third-order valence-corrected chi connectivity index (χ3v) is 3.87. The van der Waals surface area contributed by atoms with Crippen molar-refractivity contribution in [2.24, 2.45) is 0 Å². The van der Waals surface area contributed by atoms with Crippen LogP contribution in [0.2, 0.25) is 0 Å². The number of rotatable bonds is 5. The van der Waals surface area contributed by atoms with Crippen LogP contribution in [0.4, 0.5) is 0 Å². The van der Waals surface area contributed by atoms with E-state index in [0.717, 1.165) is 11.8 Å². The fourth-order valence-electron chi connectivity index (χ4n) is 0.642. The van der Waals surface area contributed by atoms with Crippen LogP contribution in [-0.4, -0.2) is 37.4 Å². The number of halogens is 1. The van der Waals surface area contributed by atoms with Gasteiger partial charge in [-0.15, -0.1) is 0 Å². The number of alkyl halides is 1. The fourth-order valence-corrected chi connectivity index (χ4v) is 1.74. The van der Waals surface area contributed by atoms with Crippen molar-refractivity contribution in [2.45, 2.75) is 13.3 Å². The number of hydrogen-bond donors (Lipinski definition) is 0. The van der Waals surface area contributed by atoms with Gasteiger partial charge < -0.3 is 0 Å². The summed E-state index contributed by atoms with van der Waals surface area (Å²) in [6, 6.07) is 0. The first-order valence-electron chi connectivity index (χ1n) is 3.54. The Hall–Kier alpha value is 0.390. The Balaban J connectivity index is 3.93. The van der Waals surface area contributed by atoms with E-state index >= 15 is 0 Å². The Kier molecular flexibility index (Phi) is 5.29. The van der Waals surface area contributed by atoms with Gasteiger partial charge in [-0.05, 0) is 13.3 Å². The van der Waals surface area contributed by atoms with E-state index in [2.05, 4.69) is 15.9 Å². The molecule has 11 heavy (non-hydrogen) atoms. The molecule has 3 nitrogen and oxygen atoms in total. The highest BCUT2D eigenvalue weighted by Crippen LogP contribution is 1.99. The Morgan fingerprint density at radius 1 is 1.45 bits per heavy atom. The monoisotopic (exact) mass is 243 g/mol. The normalized spacial score (nSPS) is 12.4. The molecule has 0 amide bonds. The first-order valence-corrected chi connectivity index (χ1v) is 6.27. The molecule has 0 radical (unpaired) electrons. The summed E-state index contributed by atoms with van der Waals surface area (Å²) in [5, 5.41) is 0.844. The molecule has 0 spiro atoms. The Morgan fingerprint density at radius 2 is 2.00 bits per heavy atom. The van der Waals surface area contributed by atoms with E-state index in [0.29, 0.717) is 6.54 Å². The molecular formula is C6H14BrNO2S. The molecule has 0 aliphatic rings. The van der Waals surface area contributed by atoms with Gasteiger partial charge in [0.05, 0.1) is 5.75 Å². The molecule has 0 N–H and O–H groups in total. The van der Waals surface area contributed by atoms with Gasteiger partial charge in [-0.1, -0.05) is 15.9 Å². The average molecular weight is 244 g/mol. The molecule has 68 valence electrons. The van der Waals surface area contributed by atoms with Crippen molar-refractivity contribution in [1.29, 1.82) is 0 Å². The molecule has 0 unspecified atom stereocenters. The lowest BCUT2D eigenvalue weighted by Crippen LogP contribution is -2.29. The second-order valence-corrected chi connectivity index (χ2v) is 5.42. The molecule has 0 bridgehead atoms. The van der Waals surface area contributed by atoms with Gasteiger partial charge in [0.15, 0.2) is 0 Å². The Bertz CT molecular complexity index is 191. The van der Waals surface area contributed by atoms with E-state index in [-0.39, 0.29) is 5.75 Å². The van der Waals surface area contributed by atoms with Gasteiger partial charge in [-0.25, -0.2) is 12.7 Å². The summed E-state index contributed by atoms with van der Waals surface area (Å²) in [6.07, 6.45) is 0.857. The largest absolute Gasteiger partial charge is 0.213 e. The molecule has 0 aromatic carbocycles. The lowest BCUT2D eigenvalue weighted by molar-refractivity contribution is 0.471. The maximum atomic E-state index is 11.1. The summed E-state index contributed by atoms with van der Waals surface area (Å²) < 4.78 is 23.6. The van der Waals surface area contributed by atoms with Crippen molar-refractivity contribution < 1.29 is 8.42 Å². The van der Waals surface area contributed by atoms with Gasteiger partial charge in [0.1, 0.15) is 0 Å². The zero-order chi connectivity index (χ0) is 8.91. The zero-order valence-electron chi connectivity index (χ0n) is 6.88. The van der Waals surface area contributed by atoms with E-state index in [1.54, 1.807) is 14.0 Å². The van der Waals surface area contributed by atoms with Gasteiger partial charge >= 0.3 is 0 Å². The smallest absolute Gasteiger partial charge is 0.212 e. The maximum absolute atomic E-state index is 11.1. The summed E-state index contributed by atoms with van der Waals surface area (Å²) in [5.41, 5.74) is 0.